The zero-order valence-electron chi connectivity index (χ0n) is 16.2. The Labute approximate surface area is 168 Å². The maximum Gasteiger partial charge on any atom is 0.270 e. The van der Waals surface area contributed by atoms with Crippen LogP contribution in [0.1, 0.15) is 41.1 Å². The van der Waals surface area contributed by atoms with Gasteiger partial charge in [0, 0.05) is 36.4 Å². The number of benzene rings is 2. The molecular formula is C22H22N2O5. The summed E-state index contributed by atoms with van der Waals surface area (Å²) in [5.74, 6) is 0.371. The zero-order valence-corrected chi connectivity index (χ0v) is 16.2. The zero-order chi connectivity index (χ0) is 20.4. The van der Waals surface area contributed by atoms with Gasteiger partial charge in [-0.25, -0.2) is 0 Å². The average molecular weight is 394 g/mol. The van der Waals surface area contributed by atoms with Gasteiger partial charge in [-0.2, -0.15) is 0 Å². The average Bonchev–Trinajstić information content (AvgIpc) is 2.76. The van der Waals surface area contributed by atoms with Crippen molar-refractivity contribution in [1.29, 1.82) is 0 Å². The number of non-ortho nitro benzene ring substituents is 1. The number of rotatable bonds is 4. The topological polar surface area (TPSA) is 81.9 Å². The molecule has 4 rings (SSSR count). The molecule has 1 aliphatic carbocycles. The molecule has 0 saturated heterocycles. The van der Waals surface area contributed by atoms with Crippen LogP contribution in [0.25, 0.3) is 6.08 Å². The van der Waals surface area contributed by atoms with E-state index in [4.69, 9.17) is 9.47 Å². The van der Waals surface area contributed by atoms with Crippen molar-refractivity contribution >= 4 is 17.7 Å². The minimum atomic E-state index is -0.459. The van der Waals surface area contributed by atoms with Crippen molar-refractivity contribution in [2.45, 2.75) is 31.9 Å². The molecule has 0 spiro atoms. The van der Waals surface area contributed by atoms with Crippen LogP contribution in [-0.4, -0.2) is 29.6 Å². The number of aryl methyl sites for hydroxylation is 1. The largest absolute Gasteiger partial charge is 0.467 e. The minimum Gasteiger partial charge on any atom is -0.467 e. The molecule has 2 aromatic rings. The minimum absolute atomic E-state index is 0.0285. The molecule has 29 heavy (non-hydrogen) atoms. The molecule has 0 N–H and O–H groups in total. The Morgan fingerprint density at radius 2 is 2.10 bits per heavy atom. The van der Waals surface area contributed by atoms with E-state index in [1.54, 1.807) is 18.0 Å². The lowest BCUT2D eigenvalue weighted by Gasteiger charge is -2.32. The predicted octanol–water partition coefficient (Wildman–Crippen LogP) is 4.01. The summed E-state index contributed by atoms with van der Waals surface area (Å²) in [5, 5.41) is 11.2. The molecule has 0 unspecified atom stereocenters. The highest BCUT2D eigenvalue weighted by Crippen LogP contribution is 2.35. The second kappa shape index (κ2) is 8.05. The van der Waals surface area contributed by atoms with Crippen LogP contribution in [0.2, 0.25) is 0 Å². The number of nitrogens with zero attached hydrogens (tertiary/aromatic N) is 2. The van der Waals surface area contributed by atoms with Crippen LogP contribution in [0.3, 0.4) is 0 Å². The first-order valence-corrected chi connectivity index (χ1v) is 9.59. The van der Waals surface area contributed by atoms with Crippen LogP contribution < -0.4 is 4.74 Å². The van der Waals surface area contributed by atoms with Gasteiger partial charge in [0.1, 0.15) is 5.75 Å². The molecule has 7 heteroatoms. The first-order valence-electron chi connectivity index (χ1n) is 9.59. The Bertz CT molecular complexity index is 985. The number of amides is 1. The van der Waals surface area contributed by atoms with Crippen molar-refractivity contribution in [3.63, 3.8) is 0 Å². The third-order valence-electron chi connectivity index (χ3n) is 5.49. The van der Waals surface area contributed by atoms with Crippen molar-refractivity contribution in [3.8, 4) is 5.75 Å². The molecule has 0 radical (unpaired) electrons. The molecule has 1 atom stereocenters. The van der Waals surface area contributed by atoms with Crippen molar-refractivity contribution < 1.29 is 19.2 Å². The van der Waals surface area contributed by atoms with E-state index in [1.807, 2.05) is 12.1 Å². The number of fused-ring (bicyclic) bond motifs is 2. The summed E-state index contributed by atoms with van der Waals surface area (Å²) >= 11 is 0. The molecule has 0 saturated carbocycles. The highest BCUT2D eigenvalue weighted by molar-refractivity contribution is 5.92. The highest BCUT2D eigenvalue weighted by atomic mass is 16.7. The predicted molar refractivity (Wildman–Crippen MR) is 107 cm³/mol. The highest BCUT2D eigenvalue weighted by Gasteiger charge is 2.26. The van der Waals surface area contributed by atoms with Gasteiger partial charge in [-0.3, -0.25) is 14.9 Å². The van der Waals surface area contributed by atoms with Crippen LogP contribution in [-0.2, 0) is 22.6 Å². The molecule has 2 aromatic carbocycles. The summed E-state index contributed by atoms with van der Waals surface area (Å²) in [4.78, 5) is 25.4. The van der Waals surface area contributed by atoms with Gasteiger partial charge in [-0.15, -0.1) is 0 Å². The Hall–Kier alpha value is -3.19. The van der Waals surface area contributed by atoms with E-state index in [1.165, 1.54) is 29.3 Å². The quantitative estimate of drug-likeness (QED) is 0.445. The van der Waals surface area contributed by atoms with Crippen molar-refractivity contribution in [2.75, 3.05) is 13.8 Å². The number of nitro groups is 1. The van der Waals surface area contributed by atoms with E-state index in [9.17, 15) is 14.9 Å². The molecule has 1 aliphatic heterocycles. The molecular weight excluding hydrogens is 372 g/mol. The Kier molecular flexibility index (Phi) is 5.31. The second-order valence-corrected chi connectivity index (χ2v) is 7.28. The summed E-state index contributed by atoms with van der Waals surface area (Å²) < 4.78 is 10.7. The van der Waals surface area contributed by atoms with Gasteiger partial charge >= 0.3 is 0 Å². The molecule has 150 valence electrons. The molecule has 1 heterocycles. The Morgan fingerprint density at radius 1 is 1.28 bits per heavy atom. The first kappa shape index (κ1) is 19.1. The fraction of sp³-hybridized carbons (Fsp3) is 0.318. The SMILES string of the molecule is CN(C(=O)/C=C\c1cc([N+](=O)[O-])cc2c1OCOC2)[C@@H]1CCCc2ccccc21. The van der Waals surface area contributed by atoms with Crippen LogP contribution in [0.15, 0.2) is 42.5 Å². The van der Waals surface area contributed by atoms with Crippen LogP contribution in [0, 0.1) is 10.1 Å². The van der Waals surface area contributed by atoms with E-state index in [0.717, 1.165) is 19.3 Å². The lowest BCUT2D eigenvalue weighted by molar-refractivity contribution is -0.385. The number of ether oxygens (including phenoxy) is 2. The number of carbonyl (C=O) groups excluding carboxylic acids is 1. The fourth-order valence-electron chi connectivity index (χ4n) is 4.02. The van der Waals surface area contributed by atoms with Crippen LogP contribution >= 0.6 is 0 Å². The lowest BCUT2D eigenvalue weighted by atomic mass is 9.87. The number of carbonyl (C=O) groups is 1. The van der Waals surface area contributed by atoms with E-state index in [0.29, 0.717) is 16.9 Å². The van der Waals surface area contributed by atoms with Crippen molar-refractivity contribution in [2.24, 2.45) is 0 Å². The van der Waals surface area contributed by atoms with Gasteiger partial charge in [-0.05, 0) is 36.5 Å². The third-order valence-corrected chi connectivity index (χ3v) is 5.49. The monoisotopic (exact) mass is 394 g/mol. The maximum absolute atomic E-state index is 12.9. The molecule has 0 fully saturated rings. The standard InChI is InChI=1S/C22H22N2O5/c1-23(20-8-4-6-15-5-2-3-7-19(15)20)21(25)10-9-16-11-18(24(26)27)12-17-13-28-14-29-22(16)17/h2-3,5,7,9-12,20H,4,6,8,13-14H2,1H3/b10-9-/t20-/m1/s1. The number of hydrogen-bond acceptors (Lipinski definition) is 5. The lowest BCUT2D eigenvalue weighted by Crippen LogP contribution is -2.32. The van der Waals surface area contributed by atoms with Gasteiger partial charge in [0.2, 0.25) is 5.91 Å². The normalized spacial score (nSPS) is 17.9. The second-order valence-electron chi connectivity index (χ2n) is 7.28. The third kappa shape index (κ3) is 3.86. The summed E-state index contributed by atoms with van der Waals surface area (Å²) in [6.07, 6.45) is 6.03. The molecule has 2 aliphatic rings. The van der Waals surface area contributed by atoms with Crippen molar-refractivity contribution in [1.82, 2.24) is 4.90 Å². The summed E-state index contributed by atoms with van der Waals surface area (Å²) in [6.45, 7) is 0.322. The molecule has 0 bridgehead atoms. The first-order chi connectivity index (χ1) is 14.0. The summed E-state index contributed by atoms with van der Waals surface area (Å²) in [5.41, 5.74) is 3.53. The van der Waals surface area contributed by atoms with Gasteiger partial charge in [0.05, 0.1) is 17.6 Å². The molecule has 1 amide bonds. The number of nitro benzene ring substituents is 1. The fourth-order valence-corrected chi connectivity index (χ4v) is 4.02. The van der Waals surface area contributed by atoms with Gasteiger partial charge < -0.3 is 14.4 Å². The number of likely N-dealkylation sites (N-methyl/N-ethyl adjacent to an activating group) is 1. The summed E-state index contributed by atoms with van der Waals surface area (Å²) in [6, 6.07) is 11.1. The Balaban J connectivity index is 1.59. The smallest absolute Gasteiger partial charge is 0.270 e. The van der Waals surface area contributed by atoms with E-state index >= 15 is 0 Å². The van der Waals surface area contributed by atoms with Gasteiger partial charge in [-0.1, -0.05) is 24.3 Å². The van der Waals surface area contributed by atoms with E-state index < -0.39 is 4.92 Å². The number of hydrogen-bond donors (Lipinski definition) is 0. The molecule has 0 aromatic heterocycles. The van der Waals surface area contributed by atoms with Gasteiger partial charge in [0.15, 0.2) is 6.79 Å². The van der Waals surface area contributed by atoms with Gasteiger partial charge in [0.25, 0.3) is 5.69 Å². The van der Waals surface area contributed by atoms with E-state index in [-0.39, 0.29) is 31.0 Å². The van der Waals surface area contributed by atoms with Crippen LogP contribution in [0.4, 0.5) is 5.69 Å². The molecule has 7 nitrogen and oxygen atoms in total. The van der Waals surface area contributed by atoms with Crippen molar-refractivity contribution in [3.05, 3.63) is 74.8 Å². The Morgan fingerprint density at radius 3 is 2.93 bits per heavy atom. The summed E-state index contributed by atoms with van der Waals surface area (Å²) in [7, 11) is 1.80. The van der Waals surface area contributed by atoms with E-state index in [2.05, 4.69) is 12.1 Å². The maximum atomic E-state index is 12.9. The van der Waals surface area contributed by atoms with Crippen LogP contribution in [0.5, 0.6) is 5.75 Å².